The van der Waals surface area contributed by atoms with Crippen LogP contribution in [0.5, 0.6) is 5.75 Å². The van der Waals surface area contributed by atoms with E-state index in [9.17, 15) is 4.79 Å². The SMILES string of the molecule is COCCOCC(=O)Nc1c(C)cc(Br)cc1OC. The van der Waals surface area contributed by atoms with Crippen LogP contribution in [-0.2, 0) is 14.3 Å². The number of amides is 1. The largest absolute Gasteiger partial charge is 0.495 e. The van der Waals surface area contributed by atoms with Gasteiger partial charge >= 0.3 is 0 Å². The molecule has 0 aliphatic rings. The molecule has 1 aromatic carbocycles. The Bertz CT molecular complexity index is 437. The third-order valence-corrected chi connectivity index (χ3v) is 2.87. The summed E-state index contributed by atoms with van der Waals surface area (Å²) in [4.78, 5) is 11.7. The Hall–Kier alpha value is -1.11. The summed E-state index contributed by atoms with van der Waals surface area (Å²) in [5.74, 6) is 0.386. The molecule has 0 aliphatic carbocycles. The highest BCUT2D eigenvalue weighted by atomic mass is 79.9. The highest BCUT2D eigenvalue weighted by Crippen LogP contribution is 2.31. The molecule has 0 unspecified atom stereocenters. The summed E-state index contributed by atoms with van der Waals surface area (Å²) < 4.78 is 16.1. The van der Waals surface area contributed by atoms with Crippen LogP contribution >= 0.6 is 15.9 Å². The highest BCUT2D eigenvalue weighted by molar-refractivity contribution is 9.10. The van der Waals surface area contributed by atoms with Gasteiger partial charge in [-0.25, -0.2) is 0 Å². The molecule has 1 N–H and O–H groups in total. The molecular formula is C13H18BrNO4. The molecule has 106 valence electrons. The van der Waals surface area contributed by atoms with Crippen LogP contribution in [0.4, 0.5) is 5.69 Å². The number of aryl methyl sites for hydroxylation is 1. The van der Waals surface area contributed by atoms with Crippen molar-refractivity contribution in [2.75, 3.05) is 39.4 Å². The number of halogens is 1. The predicted octanol–water partition coefficient (Wildman–Crippen LogP) is 2.37. The van der Waals surface area contributed by atoms with Gasteiger partial charge in [0.05, 0.1) is 26.0 Å². The molecule has 1 amide bonds. The second-order valence-electron chi connectivity index (χ2n) is 3.89. The number of methoxy groups -OCH3 is 2. The monoisotopic (exact) mass is 331 g/mol. The van der Waals surface area contributed by atoms with E-state index in [-0.39, 0.29) is 12.5 Å². The predicted molar refractivity (Wildman–Crippen MR) is 76.8 cm³/mol. The Morgan fingerprint density at radius 2 is 2.05 bits per heavy atom. The zero-order chi connectivity index (χ0) is 14.3. The average molecular weight is 332 g/mol. The maximum Gasteiger partial charge on any atom is 0.250 e. The van der Waals surface area contributed by atoms with Crippen LogP contribution < -0.4 is 10.1 Å². The summed E-state index contributed by atoms with van der Waals surface area (Å²) in [5.41, 5.74) is 1.57. The van der Waals surface area contributed by atoms with Crippen LogP contribution in [0.15, 0.2) is 16.6 Å². The summed E-state index contributed by atoms with van der Waals surface area (Å²) in [6.07, 6.45) is 0. The Kier molecular flexibility index (Phi) is 6.83. The first kappa shape index (κ1) is 15.9. The van der Waals surface area contributed by atoms with Crippen molar-refractivity contribution in [3.05, 3.63) is 22.2 Å². The number of benzene rings is 1. The van der Waals surface area contributed by atoms with Crippen molar-refractivity contribution in [3.63, 3.8) is 0 Å². The number of hydrogen-bond acceptors (Lipinski definition) is 4. The van der Waals surface area contributed by atoms with Crippen LogP contribution in [0.25, 0.3) is 0 Å². The number of anilines is 1. The fourth-order valence-corrected chi connectivity index (χ4v) is 2.07. The summed E-state index contributed by atoms with van der Waals surface area (Å²) in [5, 5.41) is 2.78. The van der Waals surface area contributed by atoms with Crippen molar-refractivity contribution in [2.45, 2.75) is 6.92 Å². The van der Waals surface area contributed by atoms with Crippen LogP contribution in [0.2, 0.25) is 0 Å². The first-order valence-corrected chi connectivity index (χ1v) is 6.58. The molecule has 0 spiro atoms. The van der Waals surface area contributed by atoms with Crippen LogP contribution in [0, 0.1) is 6.92 Å². The standard InChI is InChI=1S/C13H18BrNO4/c1-9-6-10(14)7-11(18-3)13(9)15-12(16)8-19-5-4-17-2/h6-7H,4-5,8H2,1-3H3,(H,15,16). The number of carbonyl (C=O) groups excluding carboxylic acids is 1. The van der Waals surface area contributed by atoms with Gasteiger partial charge in [0.2, 0.25) is 5.91 Å². The van der Waals surface area contributed by atoms with E-state index in [0.29, 0.717) is 24.7 Å². The van der Waals surface area contributed by atoms with E-state index in [1.54, 1.807) is 20.3 Å². The normalized spacial score (nSPS) is 10.3. The molecule has 0 fully saturated rings. The zero-order valence-electron chi connectivity index (χ0n) is 11.3. The van der Waals surface area contributed by atoms with Crippen molar-refractivity contribution in [3.8, 4) is 5.75 Å². The summed E-state index contributed by atoms with van der Waals surface area (Å²) in [6.45, 7) is 2.74. The second kappa shape index (κ2) is 8.14. The first-order valence-electron chi connectivity index (χ1n) is 5.79. The lowest BCUT2D eigenvalue weighted by Crippen LogP contribution is -2.20. The van der Waals surface area contributed by atoms with Gasteiger partial charge in [0, 0.05) is 11.6 Å². The Morgan fingerprint density at radius 3 is 2.68 bits per heavy atom. The van der Waals surface area contributed by atoms with Gasteiger partial charge in [-0.1, -0.05) is 15.9 Å². The molecule has 0 atom stereocenters. The third kappa shape index (κ3) is 5.18. The summed E-state index contributed by atoms with van der Waals surface area (Å²) in [7, 11) is 3.14. The molecule has 5 nitrogen and oxygen atoms in total. The zero-order valence-corrected chi connectivity index (χ0v) is 12.9. The molecule has 0 aliphatic heterocycles. The van der Waals surface area contributed by atoms with Crippen molar-refractivity contribution in [2.24, 2.45) is 0 Å². The lowest BCUT2D eigenvalue weighted by Gasteiger charge is -2.13. The Labute approximate surface area is 121 Å². The van der Waals surface area contributed by atoms with E-state index >= 15 is 0 Å². The number of ether oxygens (including phenoxy) is 3. The molecule has 0 heterocycles. The van der Waals surface area contributed by atoms with Gasteiger partial charge in [-0.2, -0.15) is 0 Å². The van der Waals surface area contributed by atoms with E-state index in [0.717, 1.165) is 10.0 Å². The third-order valence-electron chi connectivity index (χ3n) is 2.41. The number of rotatable bonds is 7. The van der Waals surface area contributed by atoms with E-state index in [1.165, 1.54) is 0 Å². The lowest BCUT2D eigenvalue weighted by atomic mass is 10.2. The van der Waals surface area contributed by atoms with E-state index < -0.39 is 0 Å². The molecule has 0 saturated heterocycles. The van der Waals surface area contributed by atoms with Crippen molar-refractivity contribution >= 4 is 27.5 Å². The quantitative estimate of drug-likeness (QED) is 0.779. The van der Waals surface area contributed by atoms with Gasteiger partial charge in [-0.05, 0) is 24.6 Å². The Balaban J connectivity index is 2.63. The van der Waals surface area contributed by atoms with Gasteiger partial charge < -0.3 is 19.5 Å². The molecule has 0 aromatic heterocycles. The van der Waals surface area contributed by atoms with Gasteiger partial charge in [0.15, 0.2) is 0 Å². The van der Waals surface area contributed by atoms with Crippen LogP contribution in [0.3, 0.4) is 0 Å². The lowest BCUT2D eigenvalue weighted by molar-refractivity contribution is -0.121. The minimum absolute atomic E-state index is 0.0119. The van der Waals surface area contributed by atoms with Gasteiger partial charge in [-0.3, -0.25) is 4.79 Å². The second-order valence-corrected chi connectivity index (χ2v) is 4.81. The average Bonchev–Trinajstić information content (AvgIpc) is 2.37. The fraction of sp³-hybridized carbons (Fsp3) is 0.462. The molecular weight excluding hydrogens is 314 g/mol. The highest BCUT2D eigenvalue weighted by Gasteiger charge is 2.11. The Morgan fingerprint density at radius 1 is 1.32 bits per heavy atom. The fourth-order valence-electron chi connectivity index (χ4n) is 1.52. The maximum atomic E-state index is 11.7. The molecule has 1 rings (SSSR count). The summed E-state index contributed by atoms with van der Waals surface area (Å²) >= 11 is 3.38. The van der Waals surface area contributed by atoms with Gasteiger partial charge in [-0.15, -0.1) is 0 Å². The molecule has 1 aromatic rings. The number of hydrogen-bond donors (Lipinski definition) is 1. The molecule has 0 saturated carbocycles. The maximum absolute atomic E-state index is 11.7. The number of nitrogens with one attached hydrogen (secondary N) is 1. The van der Waals surface area contributed by atoms with Gasteiger partial charge in [0.25, 0.3) is 0 Å². The first-order chi connectivity index (χ1) is 9.08. The topological polar surface area (TPSA) is 56.8 Å². The van der Waals surface area contributed by atoms with Crippen molar-refractivity contribution < 1.29 is 19.0 Å². The van der Waals surface area contributed by atoms with Gasteiger partial charge in [0.1, 0.15) is 12.4 Å². The van der Waals surface area contributed by atoms with E-state index in [2.05, 4.69) is 21.2 Å². The van der Waals surface area contributed by atoms with Crippen molar-refractivity contribution in [1.82, 2.24) is 0 Å². The van der Waals surface area contributed by atoms with Crippen LogP contribution in [-0.4, -0.2) is 39.9 Å². The van der Waals surface area contributed by atoms with E-state index in [1.807, 2.05) is 13.0 Å². The van der Waals surface area contributed by atoms with Crippen LogP contribution in [0.1, 0.15) is 5.56 Å². The summed E-state index contributed by atoms with van der Waals surface area (Å²) in [6, 6.07) is 3.71. The van der Waals surface area contributed by atoms with Crippen molar-refractivity contribution in [1.29, 1.82) is 0 Å². The molecule has 6 heteroatoms. The minimum Gasteiger partial charge on any atom is -0.495 e. The molecule has 0 bridgehead atoms. The number of carbonyl (C=O) groups is 1. The smallest absolute Gasteiger partial charge is 0.250 e. The minimum atomic E-state index is -0.222. The molecule has 0 radical (unpaired) electrons. The molecule has 19 heavy (non-hydrogen) atoms. The van der Waals surface area contributed by atoms with E-state index in [4.69, 9.17) is 14.2 Å².